The highest BCUT2D eigenvalue weighted by atomic mass is 16.5. The fourth-order valence-electron chi connectivity index (χ4n) is 4.49. The van der Waals surface area contributed by atoms with E-state index in [4.69, 9.17) is 4.74 Å². The van der Waals surface area contributed by atoms with Gasteiger partial charge in [0, 0.05) is 11.6 Å². The zero-order valence-corrected chi connectivity index (χ0v) is 15.9. The molecule has 0 aromatic heterocycles. The Kier molecular flexibility index (Phi) is 5.03. The molecule has 4 heteroatoms. The van der Waals surface area contributed by atoms with Crippen LogP contribution < -0.4 is 5.32 Å². The number of aryl methyl sites for hydroxylation is 1. The SMILES string of the molecule is C=C1C[C@@H]2COC(=O)[C@]2(CCc2ccc(NC(=O)Cc3ccccc3)cc2)C1. The second-order valence-electron chi connectivity index (χ2n) is 7.99. The molecule has 2 aromatic rings. The first kappa shape index (κ1) is 18.5. The first-order valence-electron chi connectivity index (χ1n) is 9.82. The number of esters is 1. The van der Waals surface area contributed by atoms with Gasteiger partial charge in [0.2, 0.25) is 5.91 Å². The number of hydrogen-bond donors (Lipinski definition) is 1. The summed E-state index contributed by atoms with van der Waals surface area (Å²) in [6.07, 6.45) is 3.62. The third-order valence-corrected chi connectivity index (χ3v) is 6.01. The Hall–Kier alpha value is -2.88. The average Bonchev–Trinajstić information content (AvgIpc) is 3.17. The summed E-state index contributed by atoms with van der Waals surface area (Å²) in [4.78, 5) is 24.5. The molecule has 28 heavy (non-hydrogen) atoms. The van der Waals surface area contributed by atoms with Gasteiger partial charge in [-0.1, -0.05) is 54.6 Å². The molecule has 1 N–H and O–H groups in total. The van der Waals surface area contributed by atoms with Gasteiger partial charge in [0.1, 0.15) is 0 Å². The highest BCUT2D eigenvalue weighted by molar-refractivity contribution is 5.92. The van der Waals surface area contributed by atoms with Crippen LogP contribution >= 0.6 is 0 Å². The van der Waals surface area contributed by atoms with Gasteiger partial charge in [-0.05, 0) is 48.9 Å². The van der Waals surface area contributed by atoms with E-state index in [1.54, 1.807) is 0 Å². The molecular formula is C24H25NO3. The van der Waals surface area contributed by atoms with Gasteiger partial charge >= 0.3 is 5.97 Å². The van der Waals surface area contributed by atoms with Gasteiger partial charge in [-0.15, -0.1) is 0 Å². The number of ether oxygens (including phenoxy) is 1. The number of benzene rings is 2. The molecule has 1 amide bonds. The van der Waals surface area contributed by atoms with Crippen molar-refractivity contribution in [2.45, 2.75) is 32.1 Å². The number of allylic oxidation sites excluding steroid dienone is 1. The van der Waals surface area contributed by atoms with Crippen molar-refractivity contribution in [2.75, 3.05) is 11.9 Å². The largest absolute Gasteiger partial charge is 0.465 e. The molecule has 1 saturated carbocycles. The Balaban J connectivity index is 1.34. The van der Waals surface area contributed by atoms with Crippen molar-refractivity contribution in [2.24, 2.45) is 11.3 Å². The van der Waals surface area contributed by atoms with E-state index in [9.17, 15) is 9.59 Å². The van der Waals surface area contributed by atoms with Gasteiger partial charge < -0.3 is 10.1 Å². The number of anilines is 1. The van der Waals surface area contributed by atoms with Crippen molar-refractivity contribution in [3.8, 4) is 0 Å². The molecule has 0 radical (unpaired) electrons. The first-order chi connectivity index (χ1) is 13.5. The van der Waals surface area contributed by atoms with Gasteiger partial charge in [0.05, 0.1) is 18.4 Å². The molecule has 0 spiro atoms. The average molecular weight is 375 g/mol. The number of fused-ring (bicyclic) bond motifs is 1. The fourth-order valence-corrected chi connectivity index (χ4v) is 4.49. The molecule has 0 unspecified atom stereocenters. The molecule has 1 aliphatic heterocycles. The van der Waals surface area contributed by atoms with Gasteiger partial charge in [-0.3, -0.25) is 9.59 Å². The molecule has 144 valence electrons. The molecule has 2 atom stereocenters. The number of nitrogens with one attached hydrogen (secondary N) is 1. The topological polar surface area (TPSA) is 55.4 Å². The minimum absolute atomic E-state index is 0.0288. The summed E-state index contributed by atoms with van der Waals surface area (Å²) in [5.74, 6) is 0.198. The number of amides is 1. The summed E-state index contributed by atoms with van der Waals surface area (Å²) >= 11 is 0. The first-order valence-corrected chi connectivity index (χ1v) is 9.82. The second-order valence-corrected chi connectivity index (χ2v) is 7.99. The van der Waals surface area contributed by atoms with Crippen LogP contribution in [0.4, 0.5) is 5.69 Å². The number of hydrogen-bond acceptors (Lipinski definition) is 3. The lowest BCUT2D eigenvalue weighted by atomic mass is 9.75. The molecule has 4 rings (SSSR count). The van der Waals surface area contributed by atoms with Crippen LogP contribution in [0.25, 0.3) is 0 Å². The summed E-state index contributed by atoms with van der Waals surface area (Å²) in [6, 6.07) is 17.6. The molecule has 1 saturated heterocycles. The van der Waals surface area contributed by atoms with Crippen LogP contribution in [0.15, 0.2) is 66.7 Å². The van der Waals surface area contributed by atoms with E-state index in [2.05, 4.69) is 11.9 Å². The second kappa shape index (κ2) is 7.63. The third kappa shape index (κ3) is 3.72. The van der Waals surface area contributed by atoms with Gasteiger partial charge in [-0.2, -0.15) is 0 Å². The quantitative estimate of drug-likeness (QED) is 0.605. The van der Waals surface area contributed by atoms with Crippen molar-refractivity contribution in [3.63, 3.8) is 0 Å². The van der Waals surface area contributed by atoms with Crippen molar-refractivity contribution in [3.05, 3.63) is 77.9 Å². The Morgan fingerprint density at radius 2 is 1.86 bits per heavy atom. The highest BCUT2D eigenvalue weighted by Gasteiger charge is 2.55. The number of rotatable bonds is 6. The summed E-state index contributed by atoms with van der Waals surface area (Å²) in [5.41, 5.74) is 3.73. The molecule has 1 heterocycles. The summed E-state index contributed by atoms with van der Waals surface area (Å²) in [6.45, 7) is 4.62. The highest BCUT2D eigenvalue weighted by Crippen LogP contribution is 2.53. The lowest BCUT2D eigenvalue weighted by molar-refractivity contribution is -0.146. The van der Waals surface area contributed by atoms with Crippen LogP contribution in [0, 0.1) is 11.3 Å². The van der Waals surface area contributed by atoms with Gasteiger partial charge in [0.25, 0.3) is 0 Å². The van der Waals surface area contributed by atoms with E-state index in [1.165, 1.54) is 0 Å². The Morgan fingerprint density at radius 3 is 2.61 bits per heavy atom. The van der Waals surface area contributed by atoms with Crippen molar-refractivity contribution >= 4 is 17.6 Å². The predicted molar refractivity (Wildman–Crippen MR) is 109 cm³/mol. The monoisotopic (exact) mass is 375 g/mol. The summed E-state index contributed by atoms with van der Waals surface area (Å²) < 4.78 is 5.34. The molecule has 2 fully saturated rings. The summed E-state index contributed by atoms with van der Waals surface area (Å²) in [5, 5.41) is 2.94. The van der Waals surface area contributed by atoms with E-state index in [-0.39, 0.29) is 23.2 Å². The zero-order valence-electron chi connectivity index (χ0n) is 15.9. The molecule has 2 aliphatic rings. The fraction of sp³-hybridized carbons (Fsp3) is 0.333. The van der Waals surface area contributed by atoms with E-state index in [1.807, 2.05) is 54.6 Å². The van der Waals surface area contributed by atoms with Crippen LogP contribution in [-0.4, -0.2) is 18.5 Å². The van der Waals surface area contributed by atoms with Gasteiger partial charge in [-0.25, -0.2) is 0 Å². The number of carbonyl (C=O) groups is 2. The Labute approximate surface area is 165 Å². The van der Waals surface area contributed by atoms with Crippen LogP contribution in [0.1, 0.15) is 30.4 Å². The molecular weight excluding hydrogens is 350 g/mol. The van der Waals surface area contributed by atoms with Crippen LogP contribution in [0.5, 0.6) is 0 Å². The molecule has 4 nitrogen and oxygen atoms in total. The minimum atomic E-state index is -0.375. The summed E-state index contributed by atoms with van der Waals surface area (Å²) in [7, 11) is 0. The van der Waals surface area contributed by atoms with Crippen molar-refractivity contribution in [1.82, 2.24) is 0 Å². The zero-order chi connectivity index (χ0) is 19.6. The Morgan fingerprint density at radius 1 is 1.11 bits per heavy atom. The van der Waals surface area contributed by atoms with Crippen LogP contribution in [0.2, 0.25) is 0 Å². The number of carbonyl (C=O) groups excluding carboxylic acids is 2. The molecule has 2 aromatic carbocycles. The maximum atomic E-state index is 12.4. The van der Waals surface area contributed by atoms with Crippen molar-refractivity contribution < 1.29 is 14.3 Å². The maximum absolute atomic E-state index is 12.4. The standard InChI is InChI=1S/C24H25NO3/c1-17-13-20-16-28-23(27)24(20,15-17)12-11-18-7-9-21(10-8-18)25-22(26)14-19-5-3-2-4-6-19/h2-10,20H,1,11-16H2,(H,25,26)/t20-,24-/m1/s1. The normalized spacial score (nSPS) is 23.4. The van der Waals surface area contributed by atoms with Crippen LogP contribution in [0.3, 0.4) is 0 Å². The van der Waals surface area contributed by atoms with E-state index in [0.29, 0.717) is 13.0 Å². The lowest BCUT2D eigenvalue weighted by Gasteiger charge is -2.23. The van der Waals surface area contributed by atoms with E-state index in [0.717, 1.165) is 48.1 Å². The number of cyclic esters (lactones) is 1. The smallest absolute Gasteiger partial charge is 0.312 e. The molecule has 0 bridgehead atoms. The minimum Gasteiger partial charge on any atom is -0.465 e. The predicted octanol–water partition coefficient (Wildman–Crippen LogP) is 4.31. The molecule has 1 aliphatic carbocycles. The maximum Gasteiger partial charge on any atom is 0.312 e. The van der Waals surface area contributed by atoms with E-state index >= 15 is 0 Å². The van der Waals surface area contributed by atoms with E-state index < -0.39 is 0 Å². The third-order valence-electron chi connectivity index (χ3n) is 6.01. The van der Waals surface area contributed by atoms with Crippen LogP contribution in [-0.2, 0) is 27.2 Å². The van der Waals surface area contributed by atoms with Crippen molar-refractivity contribution in [1.29, 1.82) is 0 Å². The van der Waals surface area contributed by atoms with Gasteiger partial charge in [0.15, 0.2) is 0 Å². The lowest BCUT2D eigenvalue weighted by Crippen LogP contribution is -2.29. The Bertz CT molecular complexity index is 888.